The summed E-state index contributed by atoms with van der Waals surface area (Å²) in [5, 5.41) is 19.2. The summed E-state index contributed by atoms with van der Waals surface area (Å²) in [5.74, 6) is -0.865. The first kappa shape index (κ1) is 16.0. The van der Waals surface area contributed by atoms with Crippen molar-refractivity contribution in [1.29, 1.82) is 0 Å². The minimum Gasteiger partial charge on any atom is -0.477 e. The fourth-order valence-corrected chi connectivity index (χ4v) is 3.87. The highest BCUT2D eigenvalue weighted by Crippen LogP contribution is 2.31. The highest BCUT2D eigenvalue weighted by molar-refractivity contribution is 7.89. The standard InChI is InChI=1S/C13H20N2O5S/c1-9-3-2-4-13(18,6-9)8-15-21(19,20)10-5-11(12(16)17)14-7-10/h5,7,9,14-15,18H,2-4,6,8H2,1H3,(H,16,17). The smallest absolute Gasteiger partial charge is 0.352 e. The molecule has 1 aliphatic rings. The van der Waals surface area contributed by atoms with Crippen LogP contribution in [0, 0.1) is 5.92 Å². The molecule has 1 saturated carbocycles. The number of aromatic amines is 1. The van der Waals surface area contributed by atoms with Gasteiger partial charge in [0.1, 0.15) is 10.6 Å². The number of aromatic carboxylic acids is 1. The van der Waals surface area contributed by atoms with Crippen LogP contribution in [0.2, 0.25) is 0 Å². The quantitative estimate of drug-likeness (QED) is 0.644. The molecule has 7 nitrogen and oxygen atoms in total. The van der Waals surface area contributed by atoms with Crippen LogP contribution < -0.4 is 4.72 Å². The third kappa shape index (κ3) is 3.84. The van der Waals surface area contributed by atoms with E-state index in [2.05, 4.69) is 9.71 Å². The number of carboxylic acid groups (broad SMARTS) is 1. The summed E-state index contributed by atoms with van der Waals surface area (Å²) in [4.78, 5) is 13.0. The molecule has 0 aliphatic heterocycles. The number of carboxylic acids is 1. The van der Waals surface area contributed by atoms with E-state index >= 15 is 0 Å². The van der Waals surface area contributed by atoms with Gasteiger partial charge in [0.05, 0.1) is 5.60 Å². The molecule has 118 valence electrons. The second-order valence-electron chi connectivity index (χ2n) is 5.80. The van der Waals surface area contributed by atoms with Crippen LogP contribution in [0.1, 0.15) is 43.1 Å². The Bertz CT molecular complexity index is 624. The zero-order chi connectivity index (χ0) is 15.7. The van der Waals surface area contributed by atoms with Crippen molar-refractivity contribution < 1.29 is 23.4 Å². The number of hydrogen-bond donors (Lipinski definition) is 4. The van der Waals surface area contributed by atoms with Crippen LogP contribution in [0.25, 0.3) is 0 Å². The lowest BCUT2D eigenvalue weighted by Gasteiger charge is -2.35. The highest BCUT2D eigenvalue weighted by Gasteiger charge is 2.34. The topological polar surface area (TPSA) is 119 Å². The monoisotopic (exact) mass is 316 g/mol. The minimum absolute atomic E-state index is 0.0622. The largest absolute Gasteiger partial charge is 0.477 e. The second kappa shape index (κ2) is 5.78. The first-order chi connectivity index (χ1) is 9.72. The van der Waals surface area contributed by atoms with Gasteiger partial charge < -0.3 is 15.2 Å². The summed E-state index contributed by atoms with van der Waals surface area (Å²) >= 11 is 0. The van der Waals surface area contributed by atoms with Gasteiger partial charge in [0.15, 0.2) is 0 Å². The van der Waals surface area contributed by atoms with E-state index < -0.39 is 21.6 Å². The Labute approximate surface area is 123 Å². The van der Waals surface area contributed by atoms with E-state index in [1.54, 1.807) is 0 Å². The molecule has 0 radical (unpaired) electrons. The average Bonchev–Trinajstić information content (AvgIpc) is 2.87. The predicted molar refractivity (Wildman–Crippen MR) is 75.5 cm³/mol. The number of aliphatic hydroxyl groups is 1. The van der Waals surface area contributed by atoms with Gasteiger partial charge in [-0.2, -0.15) is 0 Å². The summed E-state index contributed by atoms with van der Waals surface area (Å²) in [6, 6.07) is 1.05. The van der Waals surface area contributed by atoms with Gasteiger partial charge in [-0.15, -0.1) is 0 Å². The summed E-state index contributed by atoms with van der Waals surface area (Å²) in [7, 11) is -3.83. The summed E-state index contributed by atoms with van der Waals surface area (Å²) in [6.07, 6.45) is 4.15. The summed E-state index contributed by atoms with van der Waals surface area (Å²) < 4.78 is 26.6. The van der Waals surface area contributed by atoms with Gasteiger partial charge >= 0.3 is 5.97 Å². The number of hydrogen-bond acceptors (Lipinski definition) is 4. The van der Waals surface area contributed by atoms with E-state index in [9.17, 15) is 18.3 Å². The van der Waals surface area contributed by atoms with Gasteiger partial charge in [-0.25, -0.2) is 17.9 Å². The average molecular weight is 316 g/mol. The maximum absolute atomic E-state index is 12.1. The second-order valence-corrected chi connectivity index (χ2v) is 7.57. The van der Waals surface area contributed by atoms with Gasteiger partial charge in [0, 0.05) is 12.7 Å². The maximum atomic E-state index is 12.1. The molecule has 2 atom stereocenters. The Morgan fingerprint density at radius 1 is 1.57 bits per heavy atom. The van der Waals surface area contributed by atoms with E-state index in [1.165, 1.54) is 0 Å². The van der Waals surface area contributed by atoms with Gasteiger partial charge in [-0.1, -0.05) is 19.8 Å². The van der Waals surface area contributed by atoms with Crippen molar-refractivity contribution in [3.05, 3.63) is 18.0 Å². The first-order valence-corrected chi connectivity index (χ1v) is 8.34. The number of carbonyl (C=O) groups is 1. The number of nitrogens with one attached hydrogen (secondary N) is 2. The third-order valence-electron chi connectivity index (χ3n) is 3.86. The number of rotatable bonds is 5. The van der Waals surface area contributed by atoms with Crippen molar-refractivity contribution in [1.82, 2.24) is 9.71 Å². The molecular weight excluding hydrogens is 296 g/mol. The molecule has 0 saturated heterocycles. The fourth-order valence-electron chi connectivity index (χ4n) is 2.76. The molecule has 1 fully saturated rings. The molecule has 1 aromatic rings. The Morgan fingerprint density at radius 2 is 2.29 bits per heavy atom. The SMILES string of the molecule is CC1CCCC(O)(CNS(=O)(=O)c2c[nH]c(C(=O)O)c2)C1. The molecule has 0 bridgehead atoms. The summed E-state index contributed by atoms with van der Waals surface area (Å²) in [5.41, 5.74) is -1.23. The van der Waals surface area contributed by atoms with Crippen LogP contribution in [-0.4, -0.2) is 41.7 Å². The van der Waals surface area contributed by atoms with E-state index in [0.717, 1.165) is 25.1 Å². The zero-order valence-electron chi connectivity index (χ0n) is 11.8. The Kier molecular flexibility index (Phi) is 4.40. The molecule has 8 heteroatoms. The highest BCUT2D eigenvalue weighted by atomic mass is 32.2. The van der Waals surface area contributed by atoms with Gasteiger partial charge in [0.2, 0.25) is 10.0 Å². The number of sulfonamides is 1. The van der Waals surface area contributed by atoms with Crippen LogP contribution in [0.3, 0.4) is 0 Å². The van der Waals surface area contributed by atoms with E-state index in [4.69, 9.17) is 5.11 Å². The van der Waals surface area contributed by atoms with Crippen LogP contribution in [0.4, 0.5) is 0 Å². The van der Waals surface area contributed by atoms with Crippen LogP contribution in [0.15, 0.2) is 17.2 Å². The lowest BCUT2D eigenvalue weighted by atomic mass is 9.79. The molecule has 1 aliphatic carbocycles. The van der Waals surface area contributed by atoms with Crippen molar-refractivity contribution >= 4 is 16.0 Å². The van der Waals surface area contributed by atoms with Crippen molar-refractivity contribution in [3.8, 4) is 0 Å². The maximum Gasteiger partial charge on any atom is 0.352 e. The van der Waals surface area contributed by atoms with Crippen molar-refractivity contribution in [2.45, 2.75) is 43.1 Å². The molecule has 2 rings (SSSR count). The molecule has 0 spiro atoms. The molecule has 4 N–H and O–H groups in total. The first-order valence-electron chi connectivity index (χ1n) is 6.86. The van der Waals surface area contributed by atoms with E-state index in [1.807, 2.05) is 6.92 Å². The fraction of sp³-hybridized carbons (Fsp3) is 0.615. The Hall–Kier alpha value is -1.38. The normalized spacial score (nSPS) is 26.7. The van der Waals surface area contributed by atoms with Crippen LogP contribution in [-0.2, 0) is 10.0 Å². The molecular formula is C13H20N2O5S. The van der Waals surface area contributed by atoms with Crippen molar-refractivity contribution in [2.24, 2.45) is 5.92 Å². The number of aromatic nitrogens is 1. The molecule has 21 heavy (non-hydrogen) atoms. The van der Waals surface area contributed by atoms with E-state index in [0.29, 0.717) is 18.8 Å². The molecule has 2 unspecified atom stereocenters. The van der Waals surface area contributed by atoms with Gasteiger partial charge in [0.25, 0.3) is 0 Å². The Balaban J connectivity index is 2.05. The molecule has 0 amide bonds. The Morgan fingerprint density at radius 3 is 2.86 bits per heavy atom. The lowest BCUT2D eigenvalue weighted by molar-refractivity contribution is -0.00752. The van der Waals surface area contributed by atoms with Gasteiger partial charge in [-0.05, 0) is 24.8 Å². The molecule has 1 aromatic heterocycles. The predicted octanol–water partition coefficient (Wildman–Crippen LogP) is 0.932. The lowest BCUT2D eigenvalue weighted by Crippen LogP contribution is -2.45. The third-order valence-corrected chi connectivity index (χ3v) is 5.24. The zero-order valence-corrected chi connectivity index (χ0v) is 12.6. The van der Waals surface area contributed by atoms with Crippen LogP contribution in [0.5, 0.6) is 0 Å². The summed E-state index contributed by atoms with van der Waals surface area (Å²) in [6.45, 7) is 1.97. The minimum atomic E-state index is -3.83. The van der Waals surface area contributed by atoms with E-state index in [-0.39, 0.29) is 17.1 Å². The van der Waals surface area contributed by atoms with Crippen LogP contribution >= 0.6 is 0 Å². The molecule has 0 aromatic carbocycles. The molecule has 1 heterocycles. The van der Waals surface area contributed by atoms with Crippen molar-refractivity contribution in [3.63, 3.8) is 0 Å². The number of H-pyrrole nitrogens is 1. The van der Waals surface area contributed by atoms with Gasteiger partial charge in [-0.3, -0.25) is 0 Å². The van der Waals surface area contributed by atoms with Crippen molar-refractivity contribution in [2.75, 3.05) is 6.54 Å².